The lowest BCUT2D eigenvalue weighted by Crippen LogP contribution is -2.50. The van der Waals surface area contributed by atoms with Crippen LogP contribution in [0.15, 0.2) is 30.3 Å². The Kier molecular flexibility index (Phi) is 7.71. The van der Waals surface area contributed by atoms with Gasteiger partial charge < -0.3 is 15.5 Å². The van der Waals surface area contributed by atoms with Crippen molar-refractivity contribution in [2.75, 3.05) is 46.3 Å². The maximum atomic E-state index is 12.2. The summed E-state index contributed by atoms with van der Waals surface area (Å²) >= 11 is 0. The zero-order valence-electron chi connectivity index (χ0n) is 14.5. The van der Waals surface area contributed by atoms with Gasteiger partial charge in [0.2, 0.25) is 11.8 Å². The molecule has 6 heteroatoms. The molecule has 0 bridgehead atoms. The van der Waals surface area contributed by atoms with Crippen LogP contribution in [0.4, 0.5) is 0 Å². The van der Waals surface area contributed by atoms with E-state index < -0.39 is 0 Å². The number of carbonyl (C=O) groups is 2. The fourth-order valence-corrected chi connectivity index (χ4v) is 2.80. The SMILES string of the molecule is CNCCCC(=O)NCC(=O)N1CCN(Cc2ccccc2)CC1. The number of hydrogen-bond acceptors (Lipinski definition) is 4. The van der Waals surface area contributed by atoms with Gasteiger partial charge in [-0.3, -0.25) is 14.5 Å². The molecule has 6 nitrogen and oxygen atoms in total. The molecule has 1 saturated heterocycles. The van der Waals surface area contributed by atoms with Crippen molar-refractivity contribution >= 4 is 11.8 Å². The Hall–Kier alpha value is -1.92. The molecule has 132 valence electrons. The van der Waals surface area contributed by atoms with Gasteiger partial charge >= 0.3 is 0 Å². The van der Waals surface area contributed by atoms with E-state index in [-0.39, 0.29) is 18.4 Å². The maximum Gasteiger partial charge on any atom is 0.242 e. The minimum Gasteiger partial charge on any atom is -0.347 e. The summed E-state index contributed by atoms with van der Waals surface area (Å²) < 4.78 is 0. The van der Waals surface area contributed by atoms with Gasteiger partial charge in [-0.15, -0.1) is 0 Å². The van der Waals surface area contributed by atoms with Crippen LogP contribution in [0.5, 0.6) is 0 Å². The summed E-state index contributed by atoms with van der Waals surface area (Å²) in [7, 11) is 1.86. The van der Waals surface area contributed by atoms with Crippen LogP contribution >= 0.6 is 0 Å². The second-order valence-corrected chi connectivity index (χ2v) is 6.13. The standard InChI is InChI=1S/C18H28N4O2/c1-19-9-5-8-17(23)20-14-18(24)22-12-10-21(11-13-22)15-16-6-3-2-4-7-16/h2-4,6-7,19H,5,8-15H2,1H3,(H,20,23). The first-order valence-corrected chi connectivity index (χ1v) is 8.64. The van der Waals surface area contributed by atoms with Gasteiger partial charge in [0.05, 0.1) is 6.54 Å². The highest BCUT2D eigenvalue weighted by atomic mass is 16.2. The number of amides is 2. The quantitative estimate of drug-likeness (QED) is 0.679. The lowest BCUT2D eigenvalue weighted by molar-refractivity contribution is -0.134. The predicted octanol–water partition coefficient (Wildman–Crippen LogP) is 0.447. The van der Waals surface area contributed by atoms with Gasteiger partial charge in [-0.1, -0.05) is 30.3 Å². The molecular weight excluding hydrogens is 304 g/mol. The van der Waals surface area contributed by atoms with Crippen LogP contribution in [0.3, 0.4) is 0 Å². The number of rotatable bonds is 8. The van der Waals surface area contributed by atoms with E-state index in [1.807, 2.05) is 30.1 Å². The van der Waals surface area contributed by atoms with Crippen molar-refractivity contribution in [3.63, 3.8) is 0 Å². The smallest absolute Gasteiger partial charge is 0.242 e. The van der Waals surface area contributed by atoms with Crippen LogP contribution in [0.1, 0.15) is 18.4 Å². The van der Waals surface area contributed by atoms with Gasteiger partial charge in [-0.2, -0.15) is 0 Å². The van der Waals surface area contributed by atoms with Crippen LogP contribution in [0.25, 0.3) is 0 Å². The van der Waals surface area contributed by atoms with Crippen LogP contribution in [-0.4, -0.2) is 67.9 Å². The monoisotopic (exact) mass is 332 g/mol. The first kappa shape index (κ1) is 18.4. The molecule has 0 radical (unpaired) electrons. The van der Waals surface area contributed by atoms with Crippen LogP contribution in [0, 0.1) is 0 Å². The summed E-state index contributed by atoms with van der Waals surface area (Å²) in [4.78, 5) is 28.0. The number of piperazine rings is 1. The van der Waals surface area contributed by atoms with Crippen molar-refractivity contribution in [3.05, 3.63) is 35.9 Å². The van der Waals surface area contributed by atoms with Gasteiger partial charge in [-0.05, 0) is 25.6 Å². The maximum absolute atomic E-state index is 12.2. The van der Waals surface area contributed by atoms with Crippen molar-refractivity contribution in [1.82, 2.24) is 20.4 Å². The van der Waals surface area contributed by atoms with E-state index in [1.54, 1.807) is 0 Å². The molecule has 0 aliphatic carbocycles. The highest BCUT2D eigenvalue weighted by Crippen LogP contribution is 2.08. The molecule has 2 rings (SSSR count). The van der Waals surface area contributed by atoms with E-state index in [0.717, 1.165) is 45.7 Å². The Morgan fingerprint density at radius 2 is 1.79 bits per heavy atom. The minimum absolute atomic E-state index is 0.0105. The fourth-order valence-electron chi connectivity index (χ4n) is 2.80. The molecule has 1 aliphatic heterocycles. The number of hydrogen-bond donors (Lipinski definition) is 2. The zero-order valence-corrected chi connectivity index (χ0v) is 14.5. The summed E-state index contributed by atoms with van der Waals surface area (Å²) in [6, 6.07) is 10.4. The molecule has 0 saturated carbocycles. The molecule has 24 heavy (non-hydrogen) atoms. The zero-order chi connectivity index (χ0) is 17.2. The Morgan fingerprint density at radius 3 is 2.46 bits per heavy atom. The molecule has 0 aromatic heterocycles. The first-order valence-electron chi connectivity index (χ1n) is 8.64. The highest BCUT2D eigenvalue weighted by Gasteiger charge is 2.21. The Bertz CT molecular complexity index is 513. The van der Waals surface area contributed by atoms with Crippen molar-refractivity contribution in [2.45, 2.75) is 19.4 Å². The van der Waals surface area contributed by atoms with E-state index in [9.17, 15) is 9.59 Å². The second-order valence-electron chi connectivity index (χ2n) is 6.13. The van der Waals surface area contributed by atoms with Crippen molar-refractivity contribution in [1.29, 1.82) is 0 Å². The summed E-state index contributed by atoms with van der Waals surface area (Å²) in [5, 5.41) is 5.72. The normalized spacial score (nSPS) is 15.3. The lowest BCUT2D eigenvalue weighted by atomic mass is 10.2. The highest BCUT2D eigenvalue weighted by molar-refractivity contribution is 5.84. The average molecular weight is 332 g/mol. The summed E-state index contributed by atoms with van der Waals surface area (Å²) in [5.41, 5.74) is 1.30. The van der Waals surface area contributed by atoms with Crippen LogP contribution < -0.4 is 10.6 Å². The average Bonchev–Trinajstić information content (AvgIpc) is 2.61. The lowest BCUT2D eigenvalue weighted by Gasteiger charge is -2.34. The molecule has 1 aromatic carbocycles. The van der Waals surface area contributed by atoms with Gasteiger partial charge in [0.15, 0.2) is 0 Å². The van der Waals surface area contributed by atoms with Crippen molar-refractivity contribution in [2.24, 2.45) is 0 Å². The van der Waals surface area contributed by atoms with Crippen LogP contribution in [0.2, 0.25) is 0 Å². The molecule has 0 atom stereocenters. The molecule has 1 aromatic rings. The predicted molar refractivity (Wildman–Crippen MR) is 94.5 cm³/mol. The van der Waals surface area contributed by atoms with E-state index in [1.165, 1.54) is 5.56 Å². The van der Waals surface area contributed by atoms with E-state index in [0.29, 0.717) is 6.42 Å². The second kappa shape index (κ2) is 10.1. The molecule has 0 unspecified atom stereocenters. The number of nitrogens with zero attached hydrogens (tertiary/aromatic N) is 2. The van der Waals surface area contributed by atoms with Crippen molar-refractivity contribution in [3.8, 4) is 0 Å². The van der Waals surface area contributed by atoms with Gasteiger partial charge in [0.1, 0.15) is 0 Å². The van der Waals surface area contributed by atoms with Gasteiger partial charge in [0.25, 0.3) is 0 Å². The van der Waals surface area contributed by atoms with Gasteiger partial charge in [-0.25, -0.2) is 0 Å². The van der Waals surface area contributed by atoms with E-state index in [4.69, 9.17) is 0 Å². The summed E-state index contributed by atoms with van der Waals surface area (Å²) in [5.74, 6) is -0.0439. The largest absolute Gasteiger partial charge is 0.347 e. The Morgan fingerprint density at radius 1 is 1.08 bits per heavy atom. The molecule has 1 fully saturated rings. The third-order valence-corrected chi connectivity index (χ3v) is 4.24. The number of carbonyl (C=O) groups excluding carboxylic acids is 2. The molecule has 1 heterocycles. The number of nitrogens with one attached hydrogen (secondary N) is 2. The summed E-state index contributed by atoms with van der Waals surface area (Å²) in [6.45, 7) is 5.03. The van der Waals surface area contributed by atoms with Gasteiger partial charge in [0, 0.05) is 39.1 Å². The Balaban J connectivity index is 1.64. The molecule has 0 spiro atoms. The molecule has 1 aliphatic rings. The Labute approximate surface area is 144 Å². The van der Waals surface area contributed by atoms with E-state index >= 15 is 0 Å². The molecular formula is C18H28N4O2. The molecule has 2 N–H and O–H groups in total. The van der Waals surface area contributed by atoms with E-state index in [2.05, 4.69) is 27.7 Å². The minimum atomic E-state index is -0.0543. The fraction of sp³-hybridized carbons (Fsp3) is 0.556. The third-order valence-electron chi connectivity index (χ3n) is 4.24. The topological polar surface area (TPSA) is 64.7 Å². The number of benzene rings is 1. The summed E-state index contributed by atoms with van der Waals surface area (Å²) in [6.07, 6.45) is 1.24. The third kappa shape index (κ3) is 6.29. The first-order chi connectivity index (χ1) is 11.7. The van der Waals surface area contributed by atoms with Crippen molar-refractivity contribution < 1.29 is 9.59 Å². The molecule has 2 amide bonds. The van der Waals surface area contributed by atoms with Crippen LogP contribution in [-0.2, 0) is 16.1 Å².